The highest BCUT2D eigenvalue weighted by Crippen LogP contribution is 2.23. The van der Waals surface area contributed by atoms with Gasteiger partial charge in [0.2, 0.25) is 0 Å². The van der Waals surface area contributed by atoms with Crippen LogP contribution in [0.15, 0.2) is 76.8 Å². The molecule has 4 aromatic rings. The van der Waals surface area contributed by atoms with E-state index < -0.39 is 0 Å². The van der Waals surface area contributed by atoms with Crippen LogP contribution in [0, 0.1) is 0 Å². The molecule has 2 aromatic heterocycles. The largest absolute Gasteiger partial charge is 0.291 e. The van der Waals surface area contributed by atoms with Crippen molar-refractivity contribution in [3.05, 3.63) is 87.9 Å². The van der Waals surface area contributed by atoms with Crippen LogP contribution in [0.1, 0.15) is 5.69 Å². The SMILES string of the molecule is Cn1c(SCc2cn(-c3cccc(Cl)c3)nn2)nc(-c2ccccc2)cc1=O. The molecule has 2 aromatic carbocycles. The van der Waals surface area contributed by atoms with Crippen LogP contribution in [0.25, 0.3) is 16.9 Å². The Hall–Kier alpha value is -2.90. The predicted octanol–water partition coefficient (Wildman–Crippen LogP) is 3.97. The minimum atomic E-state index is -0.0982. The molecule has 0 saturated heterocycles. The second-order valence-electron chi connectivity index (χ2n) is 6.11. The van der Waals surface area contributed by atoms with Crippen LogP contribution >= 0.6 is 23.4 Å². The zero-order valence-electron chi connectivity index (χ0n) is 15.0. The van der Waals surface area contributed by atoms with Crippen LogP contribution in [-0.4, -0.2) is 24.5 Å². The molecule has 0 unspecified atom stereocenters. The van der Waals surface area contributed by atoms with Crippen molar-refractivity contribution >= 4 is 23.4 Å². The maximum Gasteiger partial charge on any atom is 0.254 e. The second-order valence-corrected chi connectivity index (χ2v) is 7.49. The summed E-state index contributed by atoms with van der Waals surface area (Å²) < 4.78 is 3.22. The lowest BCUT2D eigenvalue weighted by Crippen LogP contribution is -2.19. The summed E-state index contributed by atoms with van der Waals surface area (Å²) in [6.45, 7) is 0. The van der Waals surface area contributed by atoms with Gasteiger partial charge in [-0.3, -0.25) is 9.36 Å². The van der Waals surface area contributed by atoms with Crippen molar-refractivity contribution in [2.24, 2.45) is 7.05 Å². The van der Waals surface area contributed by atoms with Gasteiger partial charge in [-0.05, 0) is 18.2 Å². The van der Waals surface area contributed by atoms with Crippen molar-refractivity contribution < 1.29 is 0 Å². The van der Waals surface area contributed by atoms with E-state index in [1.165, 1.54) is 11.8 Å². The number of thioether (sulfide) groups is 1. The molecule has 140 valence electrons. The van der Waals surface area contributed by atoms with Crippen LogP contribution in [0.3, 0.4) is 0 Å². The molecular formula is C20H16ClN5OS. The summed E-state index contributed by atoms with van der Waals surface area (Å²) in [4.78, 5) is 17.0. The van der Waals surface area contributed by atoms with E-state index >= 15 is 0 Å². The first-order valence-electron chi connectivity index (χ1n) is 8.53. The summed E-state index contributed by atoms with van der Waals surface area (Å²) in [6.07, 6.45) is 1.85. The zero-order chi connectivity index (χ0) is 19.5. The summed E-state index contributed by atoms with van der Waals surface area (Å²) in [7, 11) is 1.72. The zero-order valence-corrected chi connectivity index (χ0v) is 16.6. The number of rotatable bonds is 5. The molecule has 0 N–H and O–H groups in total. The minimum absolute atomic E-state index is 0.0982. The van der Waals surface area contributed by atoms with Gasteiger partial charge in [-0.25, -0.2) is 9.67 Å². The fraction of sp³-hybridized carbons (Fsp3) is 0.100. The van der Waals surface area contributed by atoms with E-state index in [0.29, 0.717) is 21.6 Å². The van der Waals surface area contributed by atoms with Gasteiger partial charge in [0.25, 0.3) is 5.56 Å². The average Bonchev–Trinajstić information content (AvgIpc) is 3.19. The topological polar surface area (TPSA) is 65.6 Å². The molecule has 0 fully saturated rings. The van der Waals surface area contributed by atoms with E-state index in [1.54, 1.807) is 22.4 Å². The summed E-state index contributed by atoms with van der Waals surface area (Å²) in [5, 5.41) is 9.62. The Morgan fingerprint density at radius 1 is 1.07 bits per heavy atom. The number of halogens is 1. The van der Waals surface area contributed by atoms with Crippen molar-refractivity contribution in [3.63, 3.8) is 0 Å². The highest BCUT2D eigenvalue weighted by atomic mass is 35.5. The van der Waals surface area contributed by atoms with Gasteiger partial charge in [0.15, 0.2) is 5.16 Å². The summed E-state index contributed by atoms with van der Waals surface area (Å²) >= 11 is 7.48. The van der Waals surface area contributed by atoms with Gasteiger partial charge in [0.1, 0.15) is 0 Å². The molecule has 0 radical (unpaired) electrons. The third-order valence-electron chi connectivity index (χ3n) is 4.13. The van der Waals surface area contributed by atoms with E-state index in [1.807, 2.05) is 60.8 Å². The molecule has 28 heavy (non-hydrogen) atoms. The highest BCUT2D eigenvalue weighted by Gasteiger charge is 2.10. The van der Waals surface area contributed by atoms with E-state index in [4.69, 9.17) is 11.6 Å². The third kappa shape index (κ3) is 4.00. The minimum Gasteiger partial charge on any atom is -0.291 e. The first-order valence-corrected chi connectivity index (χ1v) is 9.90. The molecule has 0 aliphatic carbocycles. The van der Waals surface area contributed by atoms with Gasteiger partial charge in [0.05, 0.1) is 23.3 Å². The molecule has 6 nitrogen and oxygen atoms in total. The first-order chi connectivity index (χ1) is 13.6. The predicted molar refractivity (Wildman–Crippen MR) is 111 cm³/mol. The molecule has 0 saturated carbocycles. The van der Waals surface area contributed by atoms with Crippen LogP contribution < -0.4 is 5.56 Å². The summed E-state index contributed by atoms with van der Waals surface area (Å²) in [6, 6.07) is 18.6. The van der Waals surface area contributed by atoms with Gasteiger partial charge >= 0.3 is 0 Å². The van der Waals surface area contributed by atoms with Crippen molar-refractivity contribution in [2.45, 2.75) is 10.9 Å². The third-order valence-corrected chi connectivity index (χ3v) is 5.42. The van der Waals surface area contributed by atoms with Crippen LogP contribution in [0.2, 0.25) is 5.02 Å². The molecule has 0 bridgehead atoms. The molecule has 0 amide bonds. The number of aromatic nitrogens is 5. The molecule has 0 aliphatic heterocycles. The smallest absolute Gasteiger partial charge is 0.254 e. The van der Waals surface area contributed by atoms with Gasteiger partial charge in [-0.1, -0.05) is 65.0 Å². The van der Waals surface area contributed by atoms with E-state index in [9.17, 15) is 4.79 Å². The van der Waals surface area contributed by atoms with Crippen molar-refractivity contribution in [1.29, 1.82) is 0 Å². The number of benzene rings is 2. The Morgan fingerprint density at radius 2 is 1.89 bits per heavy atom. The standard InChI is InChI=1S/C20H16ClN5OS/c1-25-19(27)11-18(14-6-3-2-4-7-14)22-20(25)28-13-16-12-26(24-23-16)17-9-5-8-15(21)10-17/h2-12H,13H2,1H3. The first kappa shape index (κ1) is 18.5. The highest BCUT2D eigenvalue weighted by molar-refractivity contribution is 7.98. The van der Waals surface area contributed by atoms with Crippen molar-refractivity contribution in [2.75, 3.05) is 0 Å². The Labute approximate surface area is 170 Å². The van der Waals surface area contributed by atoms with Crippen LogP contribution in [-0.2, 0) is 12.8 Å². The Balaban J connectivity index is 1.56. The molecule has 4 rings (SSSR count). The van der Waals surface area contributed by atoms with E-state index in [0.717, 1.165) is 16.9 Å². The quantitative estimate of drug-likeness (QED) is 0.368. The summed E-state index contributed by atoms with van der Waals surface area (Å²) in [5.41, 5.74) is 3.10. The van der Waals surface area contributed by atoms with E-state index in [2.05, 4.69) is 15.3 Å². The number of hydrogen-bond donors (Lipinski definition) is 0. The van der Waals surface area contributed by atoms with E-state index in [-0.39, 0.29) is 5.56 Å². The van der Waals surface area contributed by atoms with Gasteiger partial charge in [-0.15, -0.1) is 5.10 Å². The molecular weight excluding hydrogens is 394 g/mol. The number of nitrogens with zero attached hydrogens (tertiary/aromatic N) is 5. The normalized spacial score (nSPS) is 10.9. The van der Waals surface area contributed by atoms with Gasteiger partial charge in [-0.2, -0.15) is 0 Å². The van der Waals surface area contributed by atoms with Gasteiger partial charge < -0.3 is 0 Å². The lowest BCUT2D eigenvalue weighted by Gasteiger charge is -2.08. The molecule has 0 atom stereocenters. The Morgan fingerprint density at radius 3 is 2.68 bits per heavy atom. The Kier molecular flexibility index (Phi) is 5.27. The Bertz CT molecular complexity index is 1170. The monoisotopic (exact) mass is 409 g/mol. The molecule has 2 heterocycles. The fourth-order valence-electron chi connectivity index (χ4n) is 2.65. The average molecular weight is 410 g/mol. The fourth-order valence-corrected chi connectivity index (χ4v) is 3.69. The number of hydrogen-bond acceptors (Lipinski definition) is 5. The van der Waals surface area contributed by atoms with Crippen LogP contribution in [0.4, 0.5) is 0 Å². The maximum absolute atomic E-state index is 12.3. The molecule has 0 aliphatic rings. The lowest BCUT2D eigenvalue weighted by molar-refractivity contribution is 0.711. The van der Waals surface area contributed by atoms with Crippen molar-refractivity contribution in [1.82, 2.24) is 24.5 Å². The second kappa shape index (κ2) is 8.00. The van der Waals surface area contributed by atoms with Gasteiger partial charge in [0, 0.05) is 29.5 Å². The maximum atomic E-state index is 12.3. The lowest BCUT2D eigenvalue weighted by atomic mass is 10.1. The summed E-state index contributed by atoms with van der Waals surface area (Å²) in [5.74, 6) is 0.541. The van der Waals surface area contributed by atoms with Crippen LogP contribution in [0.5, 0.6) is 0 Å². The molecule has 0 spiro atoms. The molecule has 8 heteroatoms. The van der Waals surface area contributed by atoms with Crippen molar-refractivity contribution in [3.8, 4) is 16.9 Å².